The number of rotatable bonds is 14. The molecule has 1 saturated heterocycles. The molecule has 166 valence electrons. The molecule has 0 amide bonds. The molecule has 1 aliphatic rings. The lowest BCUT2D eigenvalue weighted by atomic mass is 9.91. The van der Waals surface area contributed by atoms with E-state index in [-0.39, 0.29) is 7.92 Å². The monoisotopic (exact) mass is 416 g/mol. The molecule has 0 spiro atoms. The molecule has 2 unspecified atom stereocenters. The number of unbranched alkanes of at least 4 members (excludes halogenated alkanes) is 3. The normalized spacial score (nSPS) is 21.8. The van der Waals surface area contributed by atoms with Crippen molar-refractivity contribution in [2.24, 2.45) is 0 Å². The first kappa shape index (κ1) is 24.9. The predicted octanol–water partition coefficient (Wildman–Crippen LogP) is 8.95. The lowest BCUT2D eigenvalue weighted by Crippen LogP contribution is -2.21. The second-order valence-electron chi connectivity index (χ2n) is 9.38. The van der Waals surface area contributed by atoms with E-state index in [1.165, 1.54) is 96.3 Å². The molecule has 2 rings (SSSR count). The predicted molar refractivity (Wildman–Crippen MR) is 135 cm³/mol. The topological polar surface area (TPSA) is 0 Å². The highest BCUT2D eigenvalue weighted by Crippen LogP contribution is 2.58. The van der Waals surface area contributed by atoms with Crippen LogP contribution in [0.5, 0.6) is 0 Å². The molecule has 29 heavy (non-hydrogen) atoms. The fourth-order valence-corrected chi connectivity index (χ4v) is 9.57. The van der Waals surface area contributed by atoms with Crippen LogP contribution in [0, 0.1) is 0 Å². The van der Waals surface area contributed by atoms with E-state index in [1.54, 1.807) is 11.1 Å². The third-order valence-electron chi connectivity index (χ3n) is 7.01. The standard InChI is InChI=1S/C28H49P/c1-6-11-16-23-19-22-28(27(18-13-8-3)26(23)17-12-7-2)29-24(14-9-4)20-21-25(29)15-10-5/h19,22,24-25H,6-18,20-21H2,1-5H3. The van der Waals surface area contributed by atoms with Gasteiger partial charge < -0.3 is 0 Å². The fourth-order valence-electron chi connectivity index (χ4n) is 5.46. The second kappa shape index (κ2) is 13.9. The van der Waals surface area contributed by atoms with Gasteiger partial charge in [0.2, 0.25) is 0 Å². The van der Waals surface area contributed by atoms with Gasteiger partial charge in [-0.1, -0.05) is 86.8 Å². The van der Waals surface area contributed by atoms with Crippen molar-refractivity contribution in [3.05, 3.63) is 28.8 Å². The molecule has 1 fully saturated rings. The molecule has 0 aromatic heterocycles. The van der Waals surface area contributed by atoms with Crippen molar-refractivity contribution in [1.29, 1.82) is 0 Å². The number of benzene rings is 1. The van der Waals surface area contributed by atoms with Crippen LogP contribution in [0.4, 0.5) is 0 Å². The molecule has 0 saturated carbocycles. The molecule has 1 aliphatic heterocycles. The number of hydrogen-bond acceptors (Lipinski definition) is 0. The van der Waals surface area contributed by atoms with Crippen molar-refractivity contribution in [3.8, 4) is 0 Å². The first-order chi connectivity index (χ1) is 14.2. The zero-order valence-corrected chi connectivity index (χ0v) is 21.3. The molecule has 0 bridgehead atoms. The van der Waals surface area contributed by atoms with Crippen molar-refractivity contribution in [2.45, 2.75) is 142 Å². The van der Waals surface area contributed by atoms with E-state index in [9.17, 15) is 0 Å². The van der Waals surface area contributed by atoms with Gasteiger partial charge in [0.25, 0.3) is 0 Å². The second-order valence-corrected chi connectivity index (χ2v) is 12.1. The van der Waals surface area contributed by atoms with Crippen LogP contribution in [0.1, 0.15) is 128 Å². The zero-order chi connectivity index (χ0) is 21.1. The Hall–Kier alpha value is -0.350. The Labute approximate surface area is 184 Å². The third kappa shape index (κ3) is 6.82. The smallest absolute Gasteiger partial charge is 0.0166 e. The van der Waals surface area contributed by atoms with Gasteiger partial charge in [-0.25, -0.2) is 0 Å². The van der Waals surface area contributed by atoms with Crippen LogP contribution < -0.4 is 5.30 Å². The highest BCUT2D eigenvalue weighted by Gasteiger charge is 2.37. The lowest BCUT2D eigenvalue weighted by Gasteiger charge is -2.30. The molecule has 0 aliphatic carbocycles. The van der Waals surface area contributed by atoms with E-state index in [0.717, 1.165) is 11.3 Å². The van der Waals surface area contributed by atoms with E-state index in [1.807, 2.05) is 10.9 Å². The van der Waals surface area contributed by atoms with Gasteiger partial charge in [0.1, 0.15) is 0 Å². The van der Waals surface area contributed by atoms with Gasteiger partial charge in [-0.3, -0.25) is 0 Å². The quantitative estimate of drug-likeness (QED) is 0.265. The molecule has 0 nitrogen and oxygen atoms in total. The van der Waals surface area contributed by atoms with E-state index in [0.29, 0.717) is 0 Å². The molecule has 1 heteroatoms. The van der Waals surface area contributed by atoms with Crippen LogP contribution in [0.2, 0.25) is 0 Å². The fraction of sp³-hybridized carbons (Fsp3) is 0.786. The summed E-state index contributed by atoms with van der Waals surface area (Å²) in [5.74, 6) is 0. The maximum Gasteiger partial charge on any atom is -0.0166 e. The van der Waals surface area contributed by atoms with Crippen molar-refractivity contribution >= 4 is 13.2 Å². The van der Waals surface area contributed by atoms with Crippen LogP contribution in [0.25, 0.3) is 0 Å². The van der Waals surface area contributed by atoms with Crippen LogP contribution in [-0.2, 0) is 19.3 Å². The van der Waals surface area contributed by atoms with Crippen LogP contribution in [0.15, 0.2) is 12.1 Å². The summed E-state index contributed by atoms with van der Waals surface area (Å²) in [4.78, 5) is 0. The first-order valence-electron chi connectivity index (χ1n) is 13.1. The first-order valence-corrected chi connectivity index (χ1v) is 14.6. The molecule has 1 heterocycles. The van der Waals surface area contributed by atoms with E-state index in [2.05, 4.69) is 46.8 Å². The zero-order valence-electron chi connectivity index (χ0n) is 20.4. The molecular formula is C28H49P. The van der Waals surface area contributed by atoms with Crippen LogP contribution in [-0.4, -0.2) is 11.3 Å². The highest BCUT2D eigenvalue weighted by molar-refractivity contribution is 7.67. The summed E-state index contributed by atoms with van der Waals surface area (Å²) in [5.41, 5.74) is 7.32. The van der Waals surface area contributed by atoms with Crippen LogP contribution >= 0.6 is 7.92 Å². The molecular weight excluding hydrogens is 367 g/mol. The average molecular weight is 417 g/mol. The number of aryl methyl sites for hydroxylation is 1. The Bertz CT molecular complexity index is 562. The summed E-state index contributed by atoms with van der Waals surface area (Å²) < 4.78 is 0. The summed E-state index contributed by atoms with van der Waals surface area (Å²) in [6.45, 7) is 11.9. The molecule has 0 N–H and O–H groups in total. The Balaban J connectivity index is 2.51. The summed E-state index contributed by atoms with van der Waals surface area (Å²) in [5, 5.41) is 1.86. The largest absolute Gasteiger partial charge is 0.0686 e. The van der Waals surface area contributed by atoms with E-state index >= 15 is 0 Å². The van der Waals surface area contributed by atoms with Gasteiger partial charge in [0.05, 0.1) is 0 Å². The number of hydrogen-bond donors (Lipinski definition) is 0. The van der Waals surface area contributed by atoms with Crippen molar-refractivity contribution in [2.75, 3.05) is 0 Å². The summed E-state index contributed by atoms with van der Waals surface area (Å²) in [7, 11) is 0.0273. The van der Waals surface area contributed by atoms with Gasteiger partial charge in [0, 0.05) is 0 Å². The van der Waals surface area contributed by atoms with Crippen molar-refractivity contribution in [3.63, 3.8) is 0 Å². The average Bonchev–Trinajstić information content (AvgIpc) is 3.12. The summed E-state index contributed by atoms with van der Waals surface area (Å²) >= 11 is 0. The van der Waals surface area contributed by atoms with Gasteiger partial charge >= 0.3 is 0 Å². The Morgan fingerprint density at radius 2 is 1.17 bits per heavy atom. The van der Waals surface area contributed by atoms with E-state index in [4.69, 9.17) is 0 Å². The minimum atomic E-state index is 0.0273. The van der Waals surface area contributed by atoms with Crippen molar-refractivity contribution < 1.29 is 0 Å². The molecule has 0 radical (unpaired) electrons. The van der Waals surface area contributed by atoms with E-state index < -0.39 is 0 Å². The summed E-state index contributed by atoms with van der Waals surface area (Å²) in [6.07, 6.45) is 20.6. The Kier molecular flexibility index (Phi) is 11.9. The molecule has 2 atom stereocenters. The van der Waals surface area contributed by atoms with Gasteiger partial charge in [-0.05, 0) is 97.5 Å². The lowest BCUT2D eigenvalue weighted by molar-refractivity contribution is 0.649. The minimum absolute atomic E-state index is 0.0273. The van der Waals surface area contributed by atoms with Gasteiger partial charge in [-0.2, -0.15) is 0 Å². The van der Waals surface area contributed by atoms with Crippen LogP contribution in [0.3, 0.4) is 0 Å². The van der Waals surface area contributed by atoms with Crippen molar-refractivity contribution in [1.82, 2.24) is 0 Å². The molecule has 1 aromatic carbocycles. The Morgan fingerprint density at radius 3 is 1.69 bits per heavy atom. The minimum Gasteiger partial charge on any atom is -0.0686 e. The van der Waals surface area contributed by atoms with Gasteiger partial charge in [0.15, 0.2) is 0 Å². The SMILES string of the molecule is CCCCc1ccc(P2C(CCC)CCC2CCC)c(CCCC)c1CCCC. The molecule has 1 aromatic rings. The Morgan fingerprint density at radius 1 is 0.655 bits per heavy atom. The third-order valence-corrected chi connectivity index (χ3v) is 10.6. The maximum absolute atomic E-state index is 2.65. The van der Waals surface area contributed by atoms with Gasteiger partial charge in [-0.15, -0.1) is 0 Å². The summed E-state index contributed by atoms with van der Waals surface area (Å²) in [6, 6.07) is 5.23. The maximum atomic E-state index is 2.65. The highest BCUT2D eigenvalue weighted by atomic mass is 31.1.